The molecule has 6 rings (SSSR count). The molecule has 2 saturated heterocycles. The van der Waals surface area contributed by atoms with Crippen LogP contribution in [0.1, 0.15) is 59.8 Å². The maximum atomic E-state index is 14.1. The summed E-state index contributed by atoms with van der Waals surface area (Å²) in [5.74, 6) is -0.0656. The zero-order valence-corrected chi connectivity index (χ0v) is 21.9. The molecule has 2 aliphatic heterocycles. The maximum absolute atomic E-state index is 14.1. The van der Waals surface area contributed by atoms with Crippen LogP contribution in [-0.4, -0.2) is 77.9 Å². The number of rotatable bonds is 3. The zero-order valence-electron chi connectivity index (χ0n) is 21.9. The second-order valence-electron chi connectivity index (χ2n) is 12.7. The van der Waals surface area contributed by atoms with Gasteiger partial charge in [0.25, 0.3) is 0 Å². The van der Waals surface area contributed by atoms with Gasteiger partial charge in [0.2, 0.25) is 0 Å². The van der Waals surface area contributed by atoms with Crippen molar-refractivity contribution in [3.8, 4) is 0 Å². The van der Waals surface area contributed by atoms with Crippen molar-refractivity contribution in [1.29, 1.82) is 0 Å². The average molecular weight is 505 g/mol. The van der Waals surface area contributed by atoms with Gasteiger partial charge in [0.15, 0.2) is 12.1 Å². The molecule has 6 aliphatic rings. The molecule has 8 nitrogen and oxygen atoms in total. The Labute approximate surface area is 212 Å². The van der Waals surface area contributed by atoms with E-state index in [-0.39, 0.29) is 41.3 Å². The first-order chi connectivity index (χ1) is 17.0. The maximum Gasteiger partial charge on any atom is 0.166 e. The Morgan fingerprint density at radius 3 is 2.50 bits per heavy atom. The Bertz CT molecular complexity index is 979. The monoisotopic (exact) mass is 504 g/mol. The van der Waals surface area contributed by atoms with Gasteiger partial charge in [0.05, 0.1) is 30.5 Å². The average Bonchev–Trinajstić information content (AvgIpc) is 3.23. The molecular weight excluding hydrogens is 464 g/mol. The van der Waals surface area contributed by atoms with Crippen molar-refractivity contribution in [1.82, 2.24) is 0 Å². The third-order valence-corrected chi connectivity index (χ3v) is 11.0. The number of Topliss-reactive ketones (excluding diaryl/α,β-unsaturated/α-hetero) is 2. The van der Waals surface area contributed by atoms with E-state index in [1.165, 1.54) is 0 Å². The summed E-state index contributed by atoms with van der Waals surface area (Å²) in [5.41, 5.74) is 0.156. The normalized spacial score (nSPS) is 56.1. The minimum Gasteiger partial charge on any atom is -0.390 e. The second kappa shape index (κ2) is 8.42. The summed E-state index contributed by atoms with van der Waals surface area (Å²) in [6.07, 6.45) is 0.620. The van der Waals surface area contributed by atoms with Crippen LogP contribution in [0.5, 0.6) is 0 Å². The number of aliphatic hydroxyl groups is 2. The van der Waals surface area contributed by atoms with Gasteiger partial charge in [-0.1, -0.05) is 25.5 Å². The van der Waals surface area contributed by atoms with Gasteiger partial charge in [-0.15, -0.1) is 0 Å². The molecule has 2 unspecified atom stereocenters. The van der Waals surface area contributed by atoms with Crippen molar-refractivity contribution in [3.05, 3.63) is 11.6 Å². The Morgan fingerprint density at radius 2 is 1.78 bits per heavy atom. The summed E-state index contributed by atoms with van der Waals surface area (Å²) in [5, 5.41) is 21.6. The summed E-state index contributed by atoms with van der Waals surface area (Å²) in [6.45, 7) is 7.97. The lowest BCUT2D eigenvalue weighted by Crippen LogP contribution is -2.62. The third kappa shape index (κ3) is 3.27. The Balaban J connectivity index is 1.26. The van der Waals surface area contributed by atoms with Crippen LogP contribution in [0.3, 0.4) is 0 Å². The largest absolute Gasteiger partial charge is 0.390 e. The van der Waals surface area contributed by atoms with Gasteiger partial charge in [-0.05, 0) is 39.0 Å². The second-order valence-corrected chi connectivity index (χ2v) is 12.7. The Morgan fingerprint density at radius 1 is 1.03 bits per heavy atom. The van der Waals surface area contributed by atoms with Crippen molar-refractivity contribution < 1.29 is 38.7 Å². The van der Waals surface area contributed by atoms with E-state index in [1.807, 2.05) is 6.92 Å². The number of aliphatic hydroxyl groups excluding tert-OH is 2. The number of ketones is 2. The third-order valence-electron chi connectivity index (χ3n) is 11.0. The van der Waals surface area contributed by atoms with Crippen LogP contribution in [0.4, 0.5) is 0 Å². The summed E-state index contributed by atoms with van der Waals surface area (Å²) in [7, 11) is 1.56. The van der Waals surface area contributed by atoms with Gasteiger partial charge in [0, 0.05) is 48.5 Å². The molecule has 0 aromatic carbocycles. The predicted octanol–water partition coefficient (Wildman–Crippen LogP) is 2.19. The van der Waals surface area contributed by atoms with Crippen LogP contribution >= 0.6 is 0 Å². The fraction of sp³-hybridized carbons (Fsp3) is 0.857. The van der Waals surface area contributed by atoms with Crippen molar-refractivity contribution in [2.75, 3.05) is 7.11 Å². The zero-order chi connectivity index (χ0) is 25.7. The van der Waals surface area contributed by atoms with E-state index < -0.39 is 53.7 Å². The number of methoxy groups -OCH3 is 1. The smallest absolute Gasteiger partial charge is 0.166 e. The fourth-order valence-corrected chi connectivity index (χ4v) is 9.19. The Hall–Kier alpha value is -1.16. The van der Waals surface area contributed by atoms with E-state index in [0.29, 0.717) is 32.1 Å². The number of allylic oxidation sites excluding steroid dienone is 1. The molecule has 8 heteroatoms. The standard InChI is InChI=1S/C28H40O8/c1-12-16-9-17(29)22-15-7-6-14-8-19(36-21-10-20(33-5)24(31)13(2)34-21)18(30)11-27(14,3)23(15)25(32)26(35-12)28(16,22)4/h6,12-13,15-16,18-24,26,30-31H,7-11H2,1-5H3/t12?,13-,15+,16+,18+,19-,20-,21?,22+,23-,24+,26+,27+,28-/m1/s1. The molecule has 36 heavy (non-hydrogen) atoms. The minimum absolute atomic E-state index is 0.0463. The Kier molecular flexibility index (Phi) is 5.88. The highest BCUT2D eigenvalue weighted by atomic mass is 16.7. The van der Waals surface area contributed by atoms with Gasteiger partial charge in [0.1, 0.15) is 18.0 Å². The molecule has 0 spiro atoms. The molecular formula is C28H40O8. The van der Waals surface area contributed by atoms with E-state index in [9.17, 15) is 19.8 Å². The molecule has 0 bridgehead atoms. The van der Waals surface area contributed by atoms with Crippen LogP contribution in [0.2, 0.25) is 0 Å². The van der Waals surface area contributed by atoms with Gasteiger partial charge < -0.3 is 29.2 Å². The molecule has 0 aromatic heterocycles. The van der Waals surface area contributed by atoms with Crippen molar-refractivity contribution >= 4 is 11.6 Å². The molecule has 2 heterocycles. The summed E-state index contributed by atoms with van der Waals surface area (Å²) in [4.78, 5) is 27.4. The van der Waals surface area contributed by atoms with Gasteiger partial charge in [-0.25, -0.2) is 0 Å². The van der Waals surface area contributed by atoms with Gasteiger partial charge in [-0.3, -0.25) is 9.59 Å². The van der Waals surface area contributed by atoms with Crippen molar-refractivity contribution in [3.63, 3.8) is 0 Å². The fourth-order valence-electron chi connectivity index (χ4n) is 9.19. The molecule has 5 fully saturated rings. The van der Waals surface area contributed by atoms with Gasteiger partial charge >= 0.3 is 0 Å². The summed E-state index contributed by atoms with van der Waals surface area (Å²) in [6, 6.07) is 0. The number of hydrogen-bond donors (Lipinski definition) is 2. The lowest BCUT2D eigenvalue weighted by Gasteiger charge is -2.57. The first kappa shape index (κ1) is 25.1. The van der Waals surface area contributed by atoms with E-state index in [0.717, 1.165) is 5.57 Å². The van der Waals surface area contributed by atoms with Crippen LogP contribution in [-0.2, 0) is 28.5 Å². The highest BCUT2D eigenvalue weighted by Gasteiger charge is 2.72. The molecule has 2 N–H and O–H groups in total. The predicted molar refractivity (Wildman–Crippen MR) is 128 cm³/mol. The lowest BCUT2D eigenvalue weighted by atomic mass is 9.46. The number of carbonyl (C=O) groups excluding carboxylic acids is 2. The highest BCUT2D eigenvalue weighted by Crippen LogP contribution is 2.67. The van der Waals surface area contributed by atoms with Crippen molar-refractivity contribution in [2.45, 2.75) is 109 Å². The topological polar surface area (TPSA) is 112 Å². The van der Waals surface area contributed by atoms with E-state index in [4.69, 9.17) is 18.9 Å². The molecule has 200 valence electrons. The van der Waals surface area contributed by atoms with E-state index in [2.05, 4.69) is 19.9 Å². The van der Waals surface area contributed by atoms with Crippen molar-refractivity contribution in [2.24, 2.45) is 34.5 Å². The van der Waals surface area contributed by atoms with E-state index in [1.54, 1.807) is 14.0 Å². The molecule has 14 atom stereocenters. The molecule has 0 aromatic rings. The molecule has 4 aliphatic carbocycles. The lowest BCUT2D eigenvalue weighted by molar-refractivity contribution is -0.275. The number of hydrogen-bond acceptors (Lipinski definition) is 8. The highest BCUT2D eigenvalue weighted by molar-refractivity contribution is 5.96. The quantitative estimate of drug-likeness (QED) is 0.563. The van der Waals surface area contributed by atoms with Crippen LogP contribution < -0.4 is 0 Å². The SMILES string of the molecule is CO[C@@H]1CC(O[C@@H]2CC3=CC[C@H]4[C@H]5C(=O)C[C@H]6C(C)O[C@@H](C(=O)[C@@H]4[C@@]3(C)C[C@@H]2O)[C@@]56C)O[C@H](C)[C@@H]1O. The minimum atomic E-state index is -0.783. The van der Waals surface area contributed by atoms with Crippen LogP contribution in [0.25, 0.3) is 0 Å². The number of ether oxygens (including phenoxy) is 4. The first-order valence-electron chi connectivity index (χ1n) is 13.6. The molecule has 3 saturated carbocycles. The van der Waals surface area contributed by atoms with Crippen LogP contribution in [0, 0.1) is 34.5 Å². The van der Waals surface area contributed by atoms with Crippen LogP contribution in [0.15, 0.2) is 11.6 Å². The van der Waals surface area contributed by atoms with Gasteiger partial charge in [-0.2, -0.15) is 0 Å². The summed E-state index contributed by atoms with van der Waals surface area (Å²) < 4.78 is 23.8. The number of fused-ring (bicyclic) bond motifs is 4. The van der Waals surface area contributed by atoms with E-state index >= 15 is 0 Å². The first-order valence-corrected chi connectivity index (χ1v) is 13.6. The number of carbonyl (C=O) groups is 2. The summed E-state index contributed by atoms with van der Waals surface area (Å²) >= 11 is 0. The molecule has 0 radical (unpaired) electrons. The molecule has 0 amide bonds.